The smallest absolute Gasteiger partial charge is 0.270 e. The summed E-state index contributed by atoms with van der Waals surface area (Å²) >= 11 is 0. The summed E-state index contributed by atoms with van der Waals surface area (Å²) < 4.78 is 13.8. The molecule has 0 aliphatic carbocycles. The number of pyridine rings is 1. The third-order valence-corrected chi connectivity index (χ3v) is 5.90. The van der Waals surface area contributed by atoms with Crippen LogP contribution in [0.15, 0.2) is 67.5 Å². The third-order valence-electron chi connectivity index (χ3n) is 5.90. The van der Waals surface area contributed by atoms with Crippen molar-refractivity contribution in [1.29, 1.82) is 0 Å². The first-order valence-electron chi connectivity index (χ1n) is 12.5. The molecule has 0 radical (unpaired) electrons. The van der Waals surface area contributed by atoms with Gasteiger partial charge in [0.05, 0.1) is 11.9 Å². The topological polar surface area (TPSA) is 75.4 Å². The Morgan fingerprint density at radius 1 is 1.08 bits per heavy atom. The monoisotopic (exact) mass is 502 g/mol. The van der Waals surface area contributed by atoms with Gasteiger partial charge in [-0.15, -0.1) is 5.10 Å². The van der Waals surface area contributed by atoms with Gasteiger partial charge in [0.1, 0.15) is 17.3 Å². The summed E-state index contributed by atoms with van der Waals surface area (Å²) in [7, 11) is 0. The van der Waals surface area contributed by atoms with E-state index in [2.05, 4.69) is 31.9 Å². The Bertz CT molecular complexity index is 1350. The van der Waals surface area contributed by atoms with Crippen LogP contribution in [0.1, 0.15) is 54.5 Å². The first kappa shape index (κ1) is 27.5. The Morgan fingerprint density at radius 2 is 1.81 bits per heavy atom. The second-order valence-electron chi connectivity index (χ2n) is 8.73. The maximum Gasteiger partial charge on any atom is 0.270 e. The molecular formula is C29H35FN6O. The largest absolute Gasteiger partial charge is 0.353 e. The lowest BCUT2D eigenvalue weighted by atomic mass is 10.0. The second-order valence-corrected chi connectivity index (χ2v) is 8.73. The predicted molar refractivity (Wildman–Crippen MR) is 147 cm³/mol. The van der Waals surface area contributed by atoms with Gasteiger partial charge in [0.2, 0.25) is 0 Å². The first-order chi connectivity index (χ1) is 17.8. The number of nitrogens with one attached hydrogen (secondary N) is 1. The number of amides is 1. The van der Waals surface area contributed by atoms with Gasteiger partial charge in [-0.1, -0.05) is 38.6 Å². The molecule has 3 aromatic heterocycles. The molecule has 0 saturated carbocycles. The van der Waals surface area contributed by atoms with Crippen LogP contribution in [0.5, 0.6) is 0 Å². The first-order valence-corrected chi connectivity index (χ1v) is 12.5. The van der Waals surface area contributed by atoms with Crippen molar-refractivity contribution in [2.45, 2.75) is 47.1 Å². The van der Waals surface area contributed by atoms with E-state index in [0.29, 0.717) is 5.69 Å². The number of rotatable bonds is 4. The number of carbonyl (C=O) groups is 1. The van der Waals surface area contributed by atoms with E-state index in [-0.39, 0.29) is 17.8 Å². The van der Waals surface area contributed by atoms with Gasteiger partial charge in [-0.05, 0) is 74.2 Å². The Morgan fingerprint density at radius 3 is 2.43 bits per heavy atom. The van der Waals surface area contributed by atoms with Crippen LogP contribution in [0.4, 0.5) is 10.2 Å². The number of fused-ring (bicyclic) bond motifs is 1. The zero-order valence-electron chi connectivity index (χ0n) is 22.2. The number of aromatic nitrogens is 4. The standard InChI is InChI=1S/C21H24N6O.C6H5F.C2H6/c1-13(2)17-11-22-18(9-14(17)3)21(28)24-16-7-8-26(12-16)20-6-5-19-23-10-15(4)27(19)25-20;7-6-4-2-1-3-5-6;1-2/h5-6,9-11,16H,1,7-8,12H2,2-4H3,(H,24,28);1-5H;1-2H3/t16-;;/m0../s1. The van der Waals surface area contributed by atoms with Gasteiger partial charge < -0.3 is 10.2 Å². The van der Waals surface area contributed by atoms with Gasteiger partial charge >= 0.3 is 0 Å². The van der Waals surface area contributed by atoms with Crippen LogP contribution in [-0.4, -0.2) is 44.6 Å². The minimum atomic E-state index is -0.178. The van der Waals surface area contributed by atoms with E-state index in [0.717, 1.165) is 53.4 Å². The van der Waals surface area contributed by atoms with Crippen molar-refractivity contribution in [2.24, 2.45) is 0 Å². The number of aryl methyl sites for hydroxylation is 2. The second kappa shape index (κ2) is 12.8. The highest BCUT2D eigenvalue weighted by Crippen LogP contribution is 2.20. The number of nitrogens with zero attached hydrogens (tertiary/aromatic N) is 5. The molecule has 0 unspecified atom stereocenters. The number of allylic oxidation sites excluding steroid dienone is 1. The molecule has 37 heavy (non-hydrogen) atoms. The number of imidazole rings is 1. The number of carbonyl (C=O) groups excluding carboxylic acids is 1. The lowest BCUT2D eigenvalue weighted by molar-refractivity contribution is 0.0935. The van der Waals surface area contributed by atoms with E-state index in [9.17, 15) is 9.18 Å². The molecule has 0 bridgehead atoms. The summed E-state index contributed by atoms with van der Waals surface area (Å²) in [6.07, 6.45) is 4.41. The summed E-state index contributed by atoms with van der Waals surface area (Å²) in [6.45, 7) is 15.4. The molecule has 1 saturated heterocycles. The third kappa shape index (κ3) is 7.00. The summed E-state index contributed by atoms with van der Waals surface area (Å²) in [4.78, 5) is 23.4. The van der Waals surface area contributed by atoms with Gasteiger partial charge in [0, 0.05) is 25.3 Å². The molecule has 8 heteroatoms. The molecule has 1 aliphatic rings. The molecule has 1 aliphatic heterocycles. The summed E-state index contributed by atoms with van der Waals surface area (Å²) in [6, 6.07) is 13.8. The fraction of sp³-hybridized carbons (Fsp3) is 0.310. The van der Waals surface area contributed by atoms with E-state index < -0.39 is 0 Å². The van der Waals surface area contributed by atoms with E-state index in [1.54, 1.807) is 24.4 Å². The molecule has 0 spiro atoms. The minimum Gasteiger partial charge on any atom is -0.353 e. The van der Waals surface area contributed by atoms with Crippen molar-refractivity contribution < 1.29 is 9.18 Å². The average molecular weight is 503 g/mol. The fourth-order valence-corrected chi connectivity index (χ4v) is 4.03. The highest BCUT2D eigenvalue weighted by molar-refractivity contribution is 5.93. The van der Waals surface area contributed by atoms with Crippen molar-refractivity contribution >= 4 is 22.9 Å². The zero-order valence-corrected chi connectivity index (χ0v) is 22.2. The lowest BCUT2D eigenvalue weighted by Gasteiger charge is -2.18. The molecule has 1 N–H and O–H groups in total. The maximum atomic E-state index is 12.6. The van der Waals surface area contributed by atoms with Crippen LogP contribution in [-0.2, 0) is 0 Å². The molecule has 5 rings (SSSR count). The lowest BCUT2D eigenvalue weighted by Crippen LogP contribution is -2.37. The van der Waals surface area contributed by atoms with Gasteiger partial charge in [0.25, 0.3) is 5.91 Å². The Labute approximate surface area is 218 Å². The number of benzene rings is 1. The maximum absolute atomic E-state index is 12.6. The molecular weight excluding hydrogens is 467 g/mol. The fourth-order valence-electron chi connectivity index (χ4n) is 4.03. The number of hydrogen-bond donors (Lipinski definition) is 1. The number of hydrogen-bond acceptors (Lipinski definition) is 5. The SMILES string of the molecule is C=C(C)c1cnc(C(=O)N[C@H]2CCN(c3ccc4ncc(C)n4n3)C2)cc1C.CC.Fc1ccccc1. The van der Waals surface area contributed by atoms with Crippen LogP contribution in [0.2, 0.25) is 0 Å². The molecule has 1 fully saturated rings. The number of anilines is 1. The normalized spacial score (nSPS) is 14.3. The molecule has 194 valence electrons. The molecule has 1 amide bonds. The number of halogens is 1. The van der Waals surface area contributed by atoms with Crippen LogP contribution in [0.25, 0.3) is 11.2 Å². The van der Waals surface area contributed by atoms with Gasteiger partial charge in [-0.25, -0.2) is 13.9 Å². The van der Waals surface area contributed by atoms with Crippen molar-refractivity contribution in [3.8, 4) is 0 Å². The summed E-state index contributed by atoms with van der Waals surface area (Å²) in [5.41, 5.74) is 5.22. The van der Waals surface area contributed by atoms with E-state index in [1.165, 1.54) is 12.1 Å². The van der Waals surface area contributed by atoms with E-state index in [4.69, 9.17) is 0 Å². The van der Waals surface area contributed by atoms with Crippen LogP contribution in [0.3, 0.4) is 0 Å². The quantitative estimate of drug-likeness (QED) is 0.391. The molecule has 4 aromatic rings. The molecule has 4 heterocycles. The molecule has 1 atom stereocenters. The van der Waals surface area contributed by atoms with Gasteiger partial charge in [0.15, 0.2) is 5.65 Å². The summed E-state index contributed by atoms with van der Waals surface area (Å²) in [5, 5.41) is 7.77. The van der Waals surface area contributed by atoms with Crippen molar-refractivity contribution in [2.75, 3.05) is 18.0 Å². The van der Waals surface area contributed by atoms with Gasteiger partial charge in [-0.2, -0.15) is 0 Å². The highest BCUT2D eigenvalue weighted by atomic mass is 19.1. The highest BCUT2D eigenvalue weighted by Gasteiger charge is 2.26. The minimum absolute atomic E-state index is 0.0665. The van der Waals surface area contributed by atoms with Gasteiger partial charge in [-0.3, -0.25) is 9.78 Å². The predicted octanol–water partition coefficient (Wildman–Crippen LogP) is 5.63. The van der Waals surface area contributed by atoms with Crippen LogP contribution in [0, 0.1) is 19.7 Å². The Hall–Kier alpha value is -4.07. The Kier molecular flexibility index (Phi) is 9.49. The van der Waals surface area contributed by atoms with E-state index in [1.807, 2.05) is 63.5 Å². The van der Waals surface area contributed by atoms with Crippen molar-refractivity contribution in [3.05, 3.63) is 95.8 Å². The zero-order chi connectivity index (χ0) is 26.9. The Balaban J connectivity index is 0.000000361. The van der Waals surface area contributed by atoms with Crippen molar-refractivity contribution in [1.82, 2.24) is 24.9 Å². The van der Waals surface area contributed by atoms with Crippen LogP contribution < -0.4 is 10.2 Å². The average Bonchev–Trinajstić information content (AvgIpc) is 3.52. The van der Waals surface area contributed by atoms with E-state index >= 15 is 0 Å². The van der Waals surface area contributed by atoms with Crippen molar-refractivity contribution in [3.63, 3.8) is 0 Å². The van der Waals surface area contributed by atoms with Crippen LogP contribution >= 0.6 is 0 Å². The summed E-state index contributed by atoms with van der Waals surface area (Å²) in [5.74, 6) is 0.574. The molecule has 1 aromatic carbocycles. The molecule has 7 nitrogen and oxygen atoms in total.